The third-order valence-electron chi connectivity index (χ3n) is 4.36. The fourth-order valence-electron chi connectivity index (χ4n) is 2.88. The average molecular weight is 375 g/mol. The molecule has 8 nitrogen and oxygen atoms in total. The quantitative estimate of drug-likeness (QED) is 0.556. The number of fused-ring (bicyclic) bond motifs is 1. The number of carbonyl (C=O) groups is 1. The van der Waals surface area contributed by atoms with E-state index in [1.54, 1.807) is 60.9 Å². The summed E-state index contributed by atoms with van der Waals surface area (Å²) in [5, 5.41) is 3.21. The van der Waals surface area contributed by atoms with E-state index in [4.69, 9.17) is 4.74 Å². The van der Waals surface area contributed by atoms with E-state index < -0.39 is 5.91 Å². The Balaban J connectivity index is 1.54. The van der Waals surface area contributed by atoms with Gasteiger partial charge in [-0.2, -0.15) is 0 Å². The lowest BCUT2D eigenvalue weighted by molar-refractivity contribution is 0.0949. The van der Waals surface area contributed by atoms with Crippen LogP contribution in [-0.2, 0) is 6.54 Å². The Kier molecular flexibility index (Phi) is 4.59. The number of hydrogen-bond donors (Lipinski definition) is 2. The summed E-state index contributed by atoms with van der Waals surface area (Å²) in [6.07, 6.45) is 8.18. The molecule has 140 valence electrons. The first-order chi connectivity index (χ1) is 13.7. The van der Waals surface area contributed by atoms with E-state index >= 15 is 0 Å². The first kappa shape index (κ1) is 17.5. The molecule has 0 radical (unpaired) electrons. The summed E-state index contributed by atoms with van der Waals surface area (Å²) < 4.78 is 6.92. The molecule has 0 atom stereocenters. The van der Waals surface area contributed by atoms with Crippen LogP contribution in [0.2, 0.25) is 0 Å². The van der Waals surface area contributed by atoms with Crippen LogP contribution in [0.15, 0.2) is 66.2 Å². The number of pyridine rings is 2. The van der Waals surface area contributed by atoms with Crippen molar-refractivity contribution in [1.82, 2.24) is 24.8 Å². The van der Waals surface area contributed by atoms with Crippen LogP contribution in [0.4, 0.5) is 0 Å². The number of nitrogens with one attached hydrogen (secondary N) is 2. The molecule has 4 rings (SSSR count). The number of methoxy groups -OCH3 is 1. The zero-order valence-corrected chi connectivity index (χ0v) is 15.0. The van der Waals surface area contributed by atoms with Crippen molar-refractivity contribution in [2.75, 3.05) is 7.11 Å². The van der Waals surface area contributed by atoms with Gasteiger partial charge in [0.15, 0.2) is 0 Å². The summed E-state index contributed by atoms with van der Waals surface area (Å²) in [6, 6.07) is 8.70. The van der Waals surface area contributed by atoms with Crippen molar-refractivity contribution in [1.29, 1.82) is 0 Å². The summed E-state index contributed by atoms with van der Waals surface area (Å²) in [5.41, 5.74) is 1.19. The molecule has 0 saturated carbocycles. The zero-order chi connectivity index (χ0) is 19.5. The molecule has 0 bridgehead atoms. The van der Waals surface area contributed by atoms with Gasteiger partial charge in [0, 0.05) is 42.8 Å². The summed E-state index contributed by atoms with van der Waals surface area (Å²) in [7, 11) is 1.55. The molecule has 4 aromatic rings. The van der Waals surface area contributed by atoms with Crippen LogP contribution in [0.5, 0.6) is 5.75 Å². The van der Waals surface area contributed by atoms with Crippen molar-refractivity contribution >= 4 is 16.8 Å². The highest BCUT2D eigenvalue weighted by molar-refractivity contribution is 5.97. The van der Waals surface area contributed by atoms with Gasteiger partial charge >= 0.3 is 0 Å². The van der Waals surface area contributed by atoms with Crippen molar-refractivity contribution in [3.8, 4) is 11.6 Å². The van der Waals surface area contributed by atoms with Gasteiger partial charge in [-0.05, 0) is 29.8 Å². The maximum atomic E-state index is 12.6. The largest absolute Gasteiger partial charge is 0.497 e. The van der Waals surface area contributed by atoms with Gasteiger partial charge in [0.25, 0.3) is 5.91 Å². The molecule has 3 heterocycles. The summed E-state index contributed by atoms with van der Waals surface area (Å²) >= 11 is 0. The Morgan fingerprint density at radius 3 is 2.93 bits per heavy atom. The van der Waals surface area contributed by atoms with Crippen molar-refractivity contribution in [2.45, 2.75) is 6.54 Å². The van der Waals surface area contributed by atoms with Crippen molar-refractivity contribution < 1.29 is 9.53 Å². The number of H-pyrrole nitrogens is 1. The Labute approximate surface area is 159 Å². The predicted molar refractivity (Wildman–Crippen MR) is 104 cm³/mol. The number of amides is 1. The van der Waals surface area contributed by atoms with Gasteiger partial charge < -0.3 is 15.0 Å². The zero-order valence-electron chi connectivity index (χ0n) is 15.0. The smallest absolute Gasteiger partial charge is 0.257 e. The van der Waals surface area contributed by atoms with Crippen LogP contribution in [0.25, 0.3) is 16.7 Å². The van der Waals surface area contributed by atoms with E-state index in [1.165, 1.54) is 6.20 Å². The lowest BCUT2D eigenvalue weighted by Gasteiger charge is -2.08. The number of nitrogens with zero attached hydrogens (tertiary/aromatic N) is 3. The highest BCUT2D eigenvalue weighted by Crippen LogP contribution is 2.16. The highest BCUT2D eigenvalue weighted by Gasteiger charge is 2.13. The fraction of sp³-hybridized carbons (Fsp3) is 0.100. The van der Waals surface area contributed by atoms with Gasteiger partial charge in [0.1, 0.15) is 23.5 Å². The summed E-state index contributed by atoms with van der Waals surface area (Å²) in [4.78, 5) is 36.4. The Hall–Kier alpha value is -3.94. The number of imidazole rings is 1. The van der Waals surface area contributed by atoms with E-state index in [2.05, 4.69) is 20.3 Å². The molecule has 0 unspecified atom stereocenters. The van der Waals surface area contributed by atoms with Gasteiger partial charge in [-0.25, -0.2) is 9.97 Å². The van der Waals surface area contributed by atoms with Crippen LogP contribution >= 0.6 is 0 Å². The number of aromatic amines is 1. The molecule has 0 aliphatic carbocycles. The van der Waals surface area contributed by atoms with E-state index in [0.29, 0.717) is 22.5 Å². The molecular weight excluding hydrogens is 358 g/mol. The van der Waals surface area contributed by atoms with Crippen molar-refractivity contribution in [3.05, 3.63) is 82.8 Å². The summed E-state index contributed by atoms with van der Waals surface area (Å²) in [6.45, 7) is 0.267. The molecule has 0 aliphatic heterocycles. The normalized spacial score (nSPS) is 10.8. The molecule has 0 aliphatic rings. The van der Waals surface area contributed by atoms with Crippen LogP contribution in [0.3, 0.4) is 0 Å². The molecular formula is C20H17N5O3. The number of aromatic nitrogens is 4. The second-order valence-corrected chi connectivity index (χ2v) is 6.12. The number of rotatable bonds is 5. The third-order valence-corrected chi connectivity index (χ3v) is 4.36. The highest BCUT2D eigenvalue weighted by atomic mass is 16.5. The Bertz CT molecular complexity index is 1200. The minimum atomic E-state index is -0.444. The molecule has 1 amide bonds. The topological polar surface area (TPSA) is 102 Å². The van der Waals surface area contributed by atoms with Gasteiger partial charge in [0.05, 0.1) is 12.6 Å². The van der Waals surface area contributed by atoms with Crippen LogP contribution < -0.4 is 15.5 Å². The molecule has 0 spiro atoms. The maximum absolute atomic E-state index is 12.6. The second-order valence-electron chi connectivity index (χ2n) is 6.12. The molecule has 28 heavy (non-hydrogen) atoms. The van der Waals surface area contributed by atoms with Crippen LogP contribution in [0.1, 0.15) is 15.9 Å². The number of hydrogen-bond acceptors (Lipinski definition) is 5. The summed E-state index contributed by atoms with van der Waals surface area (Å²) in [5.74, 6) is 0.883. The first-order valence-corrected chi connectivity index (χ1v) is 8.56. The standard InChI is InChI=1S/C20H17N5O3/c1-28-14-2-3-15-17(9-14)23-11-16(19(15)26)20(27)24-10-13-4-5-22-18(8-13)25-7-6-21-12-25/h2-9,11-12H,10H2,1H3,(H,23,26)(H,24,27). The molecule has 2 N–H and O–H groups in total. The molecule has 8 heteroatoms. The van der Waals surface area contributed by atoms with E-state index in [1.807, 2.05) is 6.07 Å². The monoisotopic (exact) mass is 375 g/mol. The van der Waals surface area contributed by atoms with Gasteiger partial charge in [-0.15, -0.1) is 0 Å². The van der Waals surface area contributed by atoms with Gasteiger partial charge in [-0.3, -0.25) is 14.2 Å². The Morgan fingerprint density at radius 2 is 2.14 bits per heavy atom. The van der Waals surface area contributed by atoms with E-state index in [0.717, 1.165) is 5.56 Å². The Morgan fingerprint density at radius 1 is 1.25 bits per heavy atom. The lowest BCUT2D eigenvalue weighted by atomic mass is 10.1. The van der Waals surface area contributed by atoms with E-state index in [9.17, 15) is 9.59 Å². The average Bonchev–Trinajstić information content (AvgIpc) is 3.27. The van der Waals surface area contributed by atoms with Gasteiger partial charge in [0.2, 0.25) is 5.43 Å². The molecule has 1 aromatic carbocycles. The molecule has 3 aromatic heterocycles. The SMILES string of the molecule is COc1ccc2c(=O)c(C(=O)NCc3ccnc(-n4ccnc4)c3)c[nH]c2c1. The first-order valence-electron chi connectivity index (χ1n) is 8.56. The number of benzene rings is 1. The van der Waals surface area contributed by atoms with E-state index in [-0.39, 0.29) is 17.5 Å². The predicted octanol–water partition coefficient (Wildman–Crippen LogP) is 2.05. The lowest BCUT2D eigenvalue weighted by Crippen LogP contribution is -2.28. The molecule has 0 fully saturated rings. The fourth-order valence-corrected chi connectivity index (χ4v) is 2.88. The van der Waals surface area contributed by atoms with Crippen molar-refractivity contribution in [3.63, 3.8) is 0 Å². The minimum Gasteiger partial charge on any atom is -0.497 e. The second kappa shape index (κ2) is 7.36. The van der Waals surface area contributed by atoms with Gasteiger partial charge in [-0.1, -0.05) is 0 Å². The number of carbonyl (C=O) groups excluding carboxylic acids is 1. The maximum Gasteiger partial charge on any atom is 0.257 e. The minimum absolute atomic E-state index is 0.0570. The van der Waals surface area contributed by atoms with Crippen LogP contribution in [0, 0.1) is 0 Å². The number of ether oxygens (including phenoxy) is 1. The van der Waals surface area contributed by atoms with Crippen molar-refractivity contribution in [2.24, 2.45) is 0 Å². The van der Waals surface area contributed by atoms with Crippen LogP contribution in [-0.4, -0.2) is 32.5 Å². The molecule has 0 saturated heterocycles. The third kappa shape index (κ3) is 3.35.